The Labute approximate surface area is 184 Å². The predicted octanol–water partition coefficient (Wildman–Crippen LogP) is 3.66. The smallest absolute Gasteiger partial charge is 0.326 e. The first-order valence-corrected chi connectivity index (χ1v) is 10.3. The van der Waals surface area contributed by atoms with Gasteiger partial charge in [0.15, 0.2) is 11.5 Å². The molecule has 0 spiro atoms. The number of hydrogen-bond acceptors (Lipinski definition) is 8. The zero-order valence-corrected chi connectivity index (χ0v) is 18.2. The van der Waals surface area contributed by atoms with E-state index in [1.54, 1.807) is 50.5 Å². The number of nitrogens with zero attached hydrogens (tertiary/aromatic N) is 2. The maximum atomic E-state index is 12.6. The molecule has 0 bridgehead atoms. The van der Waals surface area contributed by atoms with Gasteiger partial charge in [-0.25, -0.2) is 0 Å². The molecule has 31 heavy (non-hydrogen) atoms. The third-order valence-electron chi connectivity index (χ3n) is 4.16. The van der Waals surface area contributed by atoms with Crippen LogP contribution in [0.3, 0.4) is 0 Å². The Hall–Kier alpha value is -3.33. The molecule has 1 aromatic carbocycles. The van der Waals surface area contributed by atoms with Crippen LogP contribution in [0.5, 0.6) is 11.5 Å². The minimum Gasteiger partial charge on any atom is -0.493 e. The number of rotatable bonds is 8. The summed E-state index contributed by atoms with van der Waals surface area (Å²) >= 11 is 0.775. The molecular weight excluding hydrogens is 420 g/mol. The highest BCUT2D eigenvalue weighted by atomic mass is 32.2. The summed E-state index contributed by atoms with van der Waals surface area (Å²) in [7, 11) is 1.52. The number of thioether (sulfide) groups is 1. The molecule has 162 valence electrons. The number of carbonyl (C=O) groups excluding carboxylic acids is 3. The average molecular weight is 442 g/mol. The van der Waals surface area contributed by atoms with Gasteiger partial charge < -0.3 is 14.2 Å². The van der Waals surface area contributed by atoms with Crippen molar-refractivity contribution in [1.82, 2.24) is 9.88 Å². The molecule has 0 saturated carbocycles. The summed E-state index contributed by atoms with van der Waals surface area (Å²) in [5, 5.41) is -0.513. The molecule has 2 heterocycles. The van der Waals surface area contributed by atoms with Crippen molar-refractivity contribution in [3.05, 3.63) is 58.8 Å². The van der Waals surface area contributed by atoms with Crippen molar-refractivity contribution < 1.29 is 28.6 Å². The largest absolute Gasteiger partial charge is 0.493 e. The van der Waals surface area contributed by atoms with E-state index in [-0.39, 0.29) is 11.0 Å². The summed E-state index contributed by atoms with van der Waals surface area (Å²) in [6, 6.07) is 8.91. The minimum absolute atomic E-state index is 0.217. The summed E-state index contributed by atoms with van der Waals surface area (Å²) in [5.41, 5.74) is 1.62. The van der Waals surface area contributed by atoms with Crippen molar-refractivity contribution in [2.45, 2.75) is 26.6 Å². The van der Waals surface area contributed by atoms with Crippen LogP contribution in [0.2, 0.25) is 0 Å². The van der Waals surface area contributed by atoms with Gasteiger partial charge in [0, 0.05) is 12.4 Å². The molecule has 8 nitrogen and oxygen atoms in total. The second-order valence-corrected chi connectivity index (χ2v) is 7.85. The van der Waals surface area contributed by atoms with Crippen molar-refractivity contribution in [2.75, 3.05) is 13.7 Å². The Morgan fingerprint density at radius 3 is 2.58 bits per heavy atom. The summed E-state index contributed by atoms with van der Waals surface area (Å²) in [4.78, 5) is 41.6. The molecule has 2 amide bonds. The third kappa shape index (κ3) is 5.85. The lowest BCUT2D eigenvalue weighted by atomic mass is 10.2. The first-order chi connectivity index (χ1) is 14.9. The van der Waals surface area contributed by atoms with Crippen LogP contribution in [0.25, 0.3) is 6.08 Å². The minimum atomic E-state index is -0.629. The first-order valence-electron chi connectivity index (χ1n) is 9.52. The lowest BCUT2D eigenvalue weighted by Gasteiger charge is -2.13. The van der Waals surface area contributed by atoms with Crippen LogP contribution in [0.15, 0.2) is 47.6 Å². The van der Waals surface area contributed by atoms with E-state index in [0.717, 1.165) is 22.2 Å². The van der Waals surface area contributed by atoms with Gasteiger partial charge in [-0.2, -0.15) is 0 Å². The van der Waals surface area contributed by atoms with E-state index in [4.69, 9.17) is 14.2 Å². The third-order valence-corrected chi connectivity index (χ3v) is 5.06. The van der Waals surface area contributed by atoms with E-state index < -0.39 is 23.7 Å². The number of carbonyl (C=O) groups is 3. The molecule has 3 rings (SSSR count). The number of methoxy groups -OCH3 is 1. The Kier molecular flexibility index (Phi) is 7.30. The molecular formula is C22H22N2O6S. The monoisotopic (exact) mass is 442 g/mol. The molecule has 0 atom stereocenters. The Morgan fingerprint density at radius 2 is 1.90 bits per heavy atom. The summed E-state index contributed by atoms with van der Waals surface area (Å²) in [6.07, 6.45) is 4.63. The van der Waals surface area contributed by atoms with Crippen LogP contribution in [-0.2, 0) is 20.9 Å². The maximum Gasteiger partial charge on any atom is 0.326 e. The molecule has 1 aromatic heterocycles. The van der Waals surface area contributed by atoms with Crippen LogP contribution in [0.1, 0.15) is 25.0 Å². The average Bonchev–Trinajstić information content (AvgIpc) is 3.00. The molecule has 1 saturated heterocycles. The lowest BCUT2D eigenvalue weighted by Crippen LogP contribution is -2.35. The number of ether oxygens (including phenoxy) is 3. The molecule has 1 aliphatic heterocycles. The van der Waals surface area contributed by atoms with Gasteiger partial charge in [-0.1, -0.05) is 6.07 Å². The van der Waals surface area contributed by atoms with Crippen molar-refractivity contribution in [3.8, 4) is 11.5 Å². The van der Waals surface area contributed by atoms with Crippen LogP contribution in [0.4, 0.5) is 4.79 Å². The van der Waals surface area contributed by atoms with E-state index >= 15 is 0 Å². The second kappa shape index (κ2) is 10.1. The predicted molar refractivity (Wildman–Crippen MR) is 115 cm³/mol. The number of amides is 2. The fourth-order valence-corrected chi connectivity index (χ4v) is 3.59. The molecule has 1 fully saturated rings. The molecule has 9 heteroatoms. The first kappa shape index (κ1) is 22.4. The Morgan fingerprint density at radius 1 is 1.16 bits per heavy atom. The van der Waals surface area contributed by atoms with Crippen molar-refractivity contribution in [1.29, 1.82) is 0 Å². The Bertz CT molecular complexity index is 1010. The normalized spacial score (nSPS) is 15.0. The maximum absolute atomic E-state index is 12.6. The van der Waals surface area contributed by atoms with Gasteiger partial charge in [-0.15, -0.1) is 0 Å². The topological polar surface area (TPSA) is 95.0 Å². The lowest BCUT2D eigenvalue weighted by molar-refractivity contribution is -0.149. The number of benzene rings is 1. The van der Waals surface area contributed by atoms with E-state index in [2.05, 4.69) is 4.98 Å². The van der Waals surface area contributed by atoms with Gasteiger partial charge in [0.25, 0.3) is 11.1 Å². The molecule has 0 N–H and O–H groups in total. The molecule has 2 aromatic rings. The zero-order valence-electron chi connectivity index (χ0n) is 17.4. The molecule has 0 radical (unpaired) electrons. The Balaban J connectivity index is 1.71. The zero-order chi connectivity index (χ0) is 22.4. The number of pyridine rings is 1. The van der Waals surface area contributed by atoms with Crippen molar-refractivity contribution in [2.24, 2.45) is 0 Å². The molecule has 0 unspecified atom stereocenters. The van der Waals surface area contributed by atoms with Crippen LogP contribution in [0, 0.1) is 0 Å². The van der Waals surface area contributed by atoms with Gasteiger partial charge >= 0.3 is 5.97 Å². The van der Waals surface area contributed by atoms with E-state index in [9.17, 15) is 14.4 Å². The SMILES string of the molecule is COc1cc(/C=C2/SC(=O)N(CC(=O)OC(C)C)C2=O)ccc1OCc1ccncc1. The van der Waals surface area contributed by atoms with E-state index in [1.165, 1.54) is 7.11 Å². The molecule has 1 aliphatic rings. The van der Waals surface area contributed by atoms with Crippen molar-refractivity contribution in [3.63, 3.8) is 0 Å². The van der Waals surface area contributed by atoms with E-state index in [0.29, 0.717) is 23.7 Å². The van der Waals surface area contributed by atoms with Crippen LogP contribution in [-0.4, -0.2) is 46.8 Å². The van der Waals surface area contributed by atoms with E-state index in [1.807, 2.05) is 12.1 Å². The number of esters is 1. The van der Waals surface area contributed by atoms with Crippen LogP contribution >= 0.6 is 11.8 Å². The van der Waals surface area contributed by atoms with Gasteiger partial charge in [0.2, 0.25) is 0 Å². The second-order valence-electron chi connectivity index (χ2n) is 6.86. The number of hydrogen-bond donors (Lipinski definition) is 0. The summed E-state index contributed by atoms with van der Waals surface area (Å²) < 4.78 is 16.2. The fraction of sp³-hybridized carbons (Fsp3) is 0.273. The fourth-order valence-electron chi connectivity index (χ4n) is 2.75. The quantitative estimate of drug-likeness (QED) is 0.452. The van der Waals surface area contributed by atoms with Gasteiger partial charge in [0.1, 0.15) is 13.2 Å². The van der Waals surface area contributed by atoms with Gasteiger partial charge in [0.05, 0.1) is 18.1 Å². The summed E-state index contributed by atoms with van der Waals surface area (Å²) in [5.74, 6) is -0.132. The number of imide groups is 1. The van der Waals surface area contributed by atoms with Crippen molar-refractivity contribution >= 4 is 35.0 Å². The van der Waals surface area contributed by atoms with Gasteiger partial charge in [-0.3, -0.25) is 24.3 Å². The van der Waals surface area contributed by atoms with Gasteiger partial charge in [-0.05, 0) is 67.1 Å². The van der Waals surface area contributed by atoms with Crippen LogP contribution < -0.4 is 9.47 Å². The highest BCUT2D eigenvalue weighted by Gasteiger charge is 2.36. The number of aromatic nitrogens is 1. The molecule has 0 aliphatic carbocycles. The summed E-state index contributed by atoms with van der Waals surface area (Å²) in [6.45, 7) is 3.34. The standard InChI is InChI=1S/C22H22N2O6S/c1-14(2)30-20(25)12-24-21(26)19(31-22(24)27)11-16-4-5-17(18(10-16)28-3)29-13-15-6-8-23-9-7-15/h4-11,14H,12-13H2,1-3H3/b19-11+. The highest BCUT2D eigenvalue weighted by molar-refractivity contribution is 8.18. The highest BCUT2D eigenvalue weighted by Crippen LogP contribution is 2.34.